The minimum atomic E-state index is -1.00. The third-order valence-corrected chi connectivity index (χ3v) is 1.40. The summed E-state index contributed by atoms with van der Waals surface area (Å²) in [4.78, 5) is 20.6. The molecule has 0 rings (SSSR count). The minimum absolute atomic E-state index is 0.121. The van der Waals surface area contributed by atoms with Crippen molar-refractivity contribution in [2.75, 3.05) is 6.54 Å². The van der Waals surface area contributed by atoms with Gasteiger partial charge < -0.3 is 15.5 Å². The van der Waals surface area contributed by atoms with Gasteiger partial charge in [-0.15, -0.1) is 0 Å². The first kappa shape index (κ1) is 10.9. The molecule has 0 radical (unpaired) electrons. The van der Waals surface area contributed by atoms with Crippen LogP contribution in [0.2, 0.25) is 0 Å². The summed E-state index contributed by atoms with van der Waals surface area (Å²) in [5.74, 6) is -1.97. The summed E-state index contributed by atoms with van der Waals surface area (Å²) in [7, 11) is 0. The fourth-order valence-corrected chi connectivity index (χ4v) is 0.827. The van der Waals surface area contributed by atoms with Crippen LogP contribution >= 0.6 is 0 Å². The molecule has 5 nitrogen and oxygen atoms in total. The van der Waals surface area contributed by atoms with E-state index in [2.05, 4.69) is 5.32 Å². The maximum atomic E-state index is 10.4. The van der Waals surface area contributed by atoms with Gasteiger partial charge in [-0.3, -0.25) is 9.59 Å². The molecule has 0 aromatic carbocycles. The number of hydrogen-bond acceptors (Lipinski definition) is 3. The van der Waals surface area contributed by atoms with E-state index in [0.717, 1.165) is 0 Å². The normalized spacial score (nSPS) is 12.4. The van der Waals surface area contributed by atoms with Crippen molar-refractivity contribution in [1.29, 1.82) is 0 Å². The van der Waals surface area contributed by atoms with Crippen molar-refractivity contribution in [2.24, 2.45) is 0 Å². The van der Waals surface area contributed by atoms with Gasteiger partial charge in [0.25, 0.3) is 0 Å². The summed E-state index contributed by atoms with van der Waals surface area (Å²) in [6.45, 7) is 2.30. The number of hydrogen-bond donors (Lipinski definition) is 3. The molecule has 0 spiro atoms. The zero-order chi connectivity index (χ0) is 9.56. The first-order chi connectivity index (χ1) is 5.57. The largest absolute Gasteiger partial charge is 0.481 e. The highest BCUT2D eigenvalue weighted by molar-refractivity contribution is 5.75. The Kier molecular flexibility index (Phi) is 5.03. The van der Waals surface area contributed by atoms with Gasteiger partial charge in [0.05, 0.1) is 0 Å². The van der Waals surface area contributed by atoms with Gasteiger partial charge in [0.1, 0.15) is 6.04 Å². The second kappa shape index (κ2) is 5.54. The topological polar surface area (TPSA) is 86.6 Å². The van der Waals surface area contributed by atoms with Gasteiger partial charge in [-0.25, -0.2) is 0 Å². The van der Waals surface area contributed by atoms with Crippen molar-refractivity contribution in [3.63, 3.8) is 0 Å². The predicted molar refractivity (Wildman–Crippen MR) is 42.0 cm³/mol. The summed E-state index contributed by atoms with van der Waals surface area (Å²) in [5.41, 5.74) is 0. The fraction of sp³-hybridized carbons (Fsp3) is 0.714. The standard InChI is InChI=1S/C7H13NO4/c1-2-8-5(7(11)12)3-4-6(9)10/h5,8H,2-4H2,1H3,(H,9,10)(H,11,12). The van der Waals surface area contributed by atoms with E-state index in [1.807, 2.05) is 0 Å². The van der Waals surface area contributed by atoms with Crippen LogP contribution in [0.5, 0.6) is 0 Å². The van der Waals surface area contributed by atoms with Crippen LogP contribution in [0.1, 0.15) is 19.8 Å². The number of carbonyl (C=O) groups is 2. The molecule has 70 valence electrons. The Morgan fingerprint density at radius 3 is 2.33 bits per heavy atom. The summed E-state index contributed by atoms with van der Waals surface area (Å²) in [6, 6.07) is -0.744. The highest BCUT2D eigenvalue weighted by atomic mass is 16.4. The number of aliphatic carboxylic acids is 2. The molecule has 0 aromatic rings. The van der Waals surface area contributed by atoms with Gasteiger partial charge >= 0.3 is 11.9 Å². The van der Waals surface area contributed by atoms with Gasteiger partial charge in [0.15, 0.2) is 0 Å². The van der Waals surface area contributed by atoms with E-state index in [1.165, 1.54) is 0 Å². The molecule has 0 aromatic heterocycles. The van der Waals surface area contributed by atoms with Crippen LogP contribution in [0.4, 0.5) is 0 Å². The van der Waals surface area contributed by atoms with Crippen molar-refractivity contribution < 1.29 is 19.8 Å². The van der Waals surface area contributed by atoms with Gasteiger partial charge in [0, 0.05) is 6.42 Å². The molecule has 1 atom stereocenters. The molecule has 0 amide bonds. The van der Waals surface area contributed by atoms with E-state index >= 15 is 0 Å². The Labute approximate surface area is 70.4 Å². The molecule has 12 heavy (non-hydrogen) atoms. The number of carboxylic acid groups (broad SMARTS) is 2. The molecule has 0 saturated heterocycles. The zero-order valence-corrected chi connectivity index (χ0v) is 6.91. The van der Waals surface area contributed by atoms with Crippen LogP contribution < -0.4 is 5.32 Å². The van der Waals surface area contributed by atoms with Crippen LogP contribution in [-0.2, 0) is 9.59 Å². The Morgan fingerprint density at radius 1 is 1.42 bits per heavy atom. The van der Waals surface area contributed by atoms with Crippen molar-refractivity contribution in [1.82, 2.24) is 5.32 Å². The monoisotopic (exact) mass is 175 g/mol. The lowest BCUT2D eigenvalue weighted by atomic mass is 10.1. The summed E-state index contributed by atoms with van der Waals surface area (Å²) in [5, 5.41) is 19.5. The fourth-order valence-electron chi connectivity index (χ4n) is 0.827. The van der Waals surface area contributed by atoms with E-state index in [0.29, 0.717) is 6.54 Å². The first-order valence-corrected chi connectivity index (χ1v) is 3.76. The maximum absolute atomic E-state index is 10.4. The zero-order valence-electron chi connectivity index (χ0n) is 6.91. The second-order valence-electron chi connectivity index (χ2n) is 2.38. The predicted octanol–water partition coefficient (Wildman–Crippen LogP) is -0.0861. The second-order valence-corrected chi connectivity index (χ2v) is 2.38. The van der Waals surface area contributed by atoms with Crippen molar-refractivity contribution in [2.45, 2.75) is 25.8 Å². The van der Waals surface area contributed by atoms with E-state index in [4.69, 9.17) is 10.2 Å². The molecule has 0 heterocycles. The third kappa shape index (κ3) is 4.68. The molecule has 1 unspecified atom stereocenters. The van der Waals surface area contributed by atoms with Crippen molar-refractivity contribution in [3.05, 3.63) is 0 Å². The summed E-state index contributed by atoms with van der Waals surface area (Å²) < 4.78 is 0. The molecule has 0 saturated carbocycles. The Balaban J connectivity index is 3.79. The molecule has 0 fully saturated rings. The van der Waals surface area contributed by atoms with Crippen LogP contribution in [0.15, 0.2) is 0 Å². The Hall–Kier alpha value is -1.10. The Morgan fingerprint density at radius 2 is 2.00 bits per heavy atom. The van der Waals surface area contributed by atoms with Gasteiger partial charge in [-0.1, -0.05) is 6.92 Å². The third-order valence-electron chi connectivity index (χ3n) is 1.40. The smallest absolute Gasteiger partial charge is 0.320 e. The highest BCUT2D eigenvalue weighted by Crippen LogP contribution is 1.97. The van der Waals surface area contributed by atoms with E-state index in [-0.39, 0.29) is 12.8 Å². The van der Waals surface area contributed by atoms with Crippen molar-refractivity contribution in [3.8, 4) is 0 Å². The van der Waals surface area contributed by atoms with Crippen LogP contribution in [0, 0.1) is 0 Å². The number of likely N-dealkylation sites (N-methyl/N-ethyl adjacent to an activating group) is 1. The molecular formula is C7H13NO4. The molecule has 0 aliphatic heterocycles. The van der Waals surface area contributed by atoms with Crippen LogP contribution in [-0.4, -0.2) is 34.7 Å². The molecule has 0 bridgehead atoms. The number of rotatable bonds is 6. The molecule has 0 aliphatic rings. The average Bonchev–Trinajstić information content (AvgIpc) is 1.96. The van der Waals surface area contributed by atoms with Crippen LogP contribution in [0.25, 0.3) is 0 Å². The SMILES string of the molecule is CCNC(CCC(=O)O)C(=O)O. The van der Waals surface area contributed by atoms with Gasteiger partial charge in [-0.05, 0) is 13.0 Å². The molecular weight excluding hydrogens is 162 g/mol. The van der Waals surface area contributed by atoms with Gasteiger partial charge in [0.2, 0.25) is 0 Å². The van der Waals surface area contributed by atoms with E-state index < -0.39 is 18.0 Å². The first-order valence-electron chi connectivity index (χ1n) is 3.76. The lowest BCUT2D eigenvalue weighted by Gasteiger charge is -2.10. The highest BCUT2D eigenvalue weighted by Gasteiger charge is 2.16. The van der Waals surface area contributed by atoms with Crippen LogP contribution in [0.3, 0.4) is 0 Å². The quantitative estimate of drug-likeness (QED) is 0.525. The van der Waals surface area contributed by atoms with Gasteiger partial charge in [-0.2, -0.15) is 0 Å². The summed E-state index contributed by atoms with van der Waals surface area (Å²) in [6.07, 6.45) is 0.00245. The lowest BCUT2D eigenvalue weighted by Crippen LogP contribution is -2.36. The molecule has 0 aliphatic carbocycles. The number of nitrogens with one attached hydrogen (secondary N) is 1. The van der Waals surface area contributed by atoms with E-state index in [1.54, 1.807) is 6.92 Å². The van der Waals surface area contributed by atoms with E-state index in [9.17, 15) is 9.59 Å². The number of carboxylic acids is 2. The Bertz CT molecular complexity index is 169. The summed E-state index contributed by atoms with van der Waals surface area (Å²) >= 11 is 0. The minimum Gasteiger partial charge on any atom is -0.481 e. The molecule has 3 N–H and O–H groups in total. The lowest BCUT2D eigenvalue weighted by molar-refractivity contribution is -0.140. The average molecular weight is 175 g/mol. The molecule has 5 heteroatoms. The van der Waals surface area contributed by atoms with Crippen molar-refractivity contribution >= 4 is 11.9 Å². The maximum Gasteiger partial charge on any atom is 0.320 e.